The molecule has 0 aromatic heterocycles. The van der Waals surface area contributed by atoms with E-state index in [2.05, 4.69) is 5.32 Å². The van der Waals surface area contributed by atoms with Crippen molar-refractivity contribution in [3.63, 3.8) is 0 Å². The number of benzene rings is 1. The van der Waals surface area contributed by atoms with Crippen molar-refractivity contribution in [3.05, 3.63) is 29.8 Å². The highest BCUT2D eigenvalue weighted by molar-refractivity contribution is 5.85. The van der Waals surface area contributed by atoms with Gasteiger partial charge in [-0.05, 0) is 50.7 Å². The standard InChI is InChI=1S/C17H26N2O2.ClH/c1-13-6-3-4-7-15(13)21-11-5-8-16(20)19-17(2,12-18)14-9-10-14;/h3-4,6-7,14H,5,8-12,18H2,1-2H3,(H,19,20);1H. The van der Waals surface area contributed by atoms with Crippen LogP contribution in [-0.2, 0) is 4.79 Å². The summed E-state index contributed by atoms with van der Waals surface area (Å²) >= 11 is 0. The highest BCUT2D eigenvalue weighted by Gasteiger charge is 2.41. The van der Waals surface area contributed by atoms with Crippen LogP contribution in [0.2, 0.25) is 0 Å². The van der Waals surface area contributed by atoms with Gasteiger partial charge in [0.25, 0.3) is 0 Å². The Kier molecular flexibility index (Phi) is 7.17. The van der Waals surface area contributed by atoms with Gasteiger partial charge in [-0.2, -0.15) is 0 Å². The van der Waals surface area contributed by atoms with Crippen molar-refractivity contribution in [1.29, 1.82) is 0 Å². The van der Waals surface area contributed by atoms with Crippen molar-refractivity contribution in [2.45, 2.75) is 45.1 Å². The smallest absolute Gasteiger partial charge is 0.220 e. The average Bonchev–Trinajstić information content (AvgIpc) is 3.30. The maximum atomic E-state index is 12.0. The average molecular weight is 327 g/mol. The predicted octanol–water partition coefficient (Wildman–Crippen LogP) is 2.82. The molecule has 3 N–H and O–H groups in total. The lowest BCUT2D eigenvalue weighted by Gasteiger charge is -2.29. The second-order valence-electron chi connectivity index (χ2n) is 6.16. The van der Waals surface area contributed by atoms with E-state index in [1.54, 1.807) is 0 Å². The Morgan fingerprint density at radius 2 is 2.09 bits per heavy atom. The maximum absolute atomic E-state index is 12.0. The summed E-state index contributed by atoms with van der Waals surface area (Å²) in [5.41, 5.74) is 6.69. The Morgan fingerprint density at radius 1 is 1.41 bits per heavy atom. The Labute approximate surface area is 139 Å². The van der Waals surface area contributed by atoms with Gasteiger partial charge in [0.05, 0.1) is 12.1 Å². The van der Waals surface area contributed by atoms with Gasteiger partial charge >= 0.3 is 0 Å². The molecule has 1 amide bonds. The summed E-state index contributed by atoms with van der Waals surface area (Å²) in [5, 5.41) is 3.10. The number of rotatable bonds is 8. The van der Waals surface area contributed by atoms with Gasteiger partial charge in [0, 0.05) is 13.0 Å². The first kappa shape index (κ1) is 18.8. The molecule has 1 fully saturated rings. The second-order valence-corrected chi connectivity index (χ2v) is 6.16. The molecule has 0 spiro atoms. The summed E-state index contributed by atoms with van der Waals surface area (Å²) in [6.45, 7) is 5.13. The topological polar surface area (TPSA) is 64.3 Å². The first-order valence-electron chi connectivity index (χ1n) is 7.74. The van der Waals surface area contributed by atoms with Gasteiger partial charge in [0.2, 0.25) is 5.91 Å². The summed E-state index contributed by atoms with van der Waals surface area (Å²) in [5.74, 6) is 1.51. The number of hydrogen-bond acceptors (Lipinski definition) is 3. The van der Waals surface area contributed by atoms with Crippen molar-refractivity contribution < 1.29 is 9.53 Å². The molecular formula is C17H27ClN2O2. The highest BCUT2D eigenvalue weighted by atomic mass is 35.5. The van der Waals surface area contributed by atoms with Gasteiger partial charge in [-0.25, -0.2) is 0 Å². The van der Waals surface area contributed by atoms with Crippen molar-refractivity contribution >= 4 is 18.3 Å². The third-order valence-electron chi connectivity index (χ3n) is 4.23. The summed E-state index contributed by atoms with van der Waals surface area (Å²) in [7, 11) is 0. The van der Waals surface area contributed by atoms with Crippen LogP contribution < -0.4 is 15.8 Å². The minimum absolute atomic E-state index is 0. The fourth-order valence-electron chi connectivity index (χ4n) is 2.55. The molecule has 1 aliphatic carbocycles. The van der Waals surface area contributed by atoms with E-state index in [1.807, 2.05) is 38.1 Å². The van der Waals surface area contributed by atoms with Gasteiger partial charge in [0.15, 0.2) is 0 Å². The zero-order valence-electron chi connectivity index (χ0n) is 13.4. The van der Waals surface area contributed by atoms with Crippen molar-refractivity contribution in [2.75, 3.05) is 13.2 Å². The molecule has 1 saturated carbocycles. The van der Waals surface area contributed by atoms with Crippen LogP contribution in [0.5, 0.6) is 5.75 Å². The van der Waals surface area contributed by atoms with E-state index >= 15 is 0 Å². The molecular weight excluding hydrogens is 300 g/mol. The molecule has 0 bridgehead atoms. The molecule has 0 heterocycles. The van der Waals surface area contributed by atoms with Crippen LogP contribution in [0, 0.1) is 12.8 Å². The lowest BCUT2D eigenvalue weighted by Crippen LogP contribution is -2.53. The largest absolute Gasteiger partial charge is 0.493 e. The zero-order valence-corrected chi connectivity index (χ0v) is 14.2. The quantitative estimate of drug-likeness (QED) is 0.722. The van der Waals surface area contributed by atoms with Gasteiger partial charge in [-0.3, -0.25) is 4.79 Å². The number of halogens is 1. The van der Waals surface area contributed by atoms with Crippen LogP contribution in [0.4, 0.5) is 0 Å². The fraction of sp³-hybridized carbons (Fsp3) is 0.588. The Balaban J connectivity index is 0.00000242. The molecule has 1 aromatic rings. The number of carbonyl (C=O) groups is 1. The first-order valence-corrected chi connectivity index (χ1v) is 7.74. The van der Waals surface area contributed by atoms with E-state index in [9.17, 15) is 4.79 Å². The van der Waals surface area contributed by atoms with Gasteiger partial charge in [-0.15, -0.1) is 12.4 Å². The van der Waals surface area contributed by atoms with Crippen molar-refractivity contribution in [1.82, 2.24) is 5.32 Å². The van der Waals surface area contributed by atoms with Gasteiger partial charge in [0.1, 0.15) is 5.75 Å². The van der Waals surface area contributed by atoms with Crippen LogP contribution in [0.1, 0.15) is 38.2 Å². The van der Waals surface area contributed by atoms with Crippen LogP contribution in [0.25, 0.3) is 0 Å². The zero-order chi connectivity index (χ0) is 15.3. The predicted molar refractivity (Wildman–Crippen MR) is 91.5 cm³/mol. The molecule has 2 rings (SSSR count). The van der Waals surface area contributed by atoms with Gasteiger partial charge in [-0.1, -0.05) is 18.2 Å². The van der Waals surface area contributed by atoms with Crippen molar-refractivity contribution in [2.24, 2.45) is 11.7 Å². The minimum atomic E-state index is -0.228. The molecule has 124 valence electrons. The van der Waals surface area contributed by atoms with Gasteiger partial charge < -0.3 is 15.8 Å². The normalized spacial score (nSPS) is 16.3. The third-order valence-corrected chi connectivity index (χ3v) is 4.23. The molecule has 5 heteroatoms. The first-order chi connectivity index (χ1) is 10.0. The monoisotopic (exact) mass is 326 g/mol. The number of aryl methyl sites for hydroxylation is 1. The number of hydrogen-bond donors (Lipinski definition) is 2. The Bertz CT molecular complexity index is 491. The number of carbonyl (C=O) groups excluding carboxylic acids is 1. The molecule has 1 unspecified atom stereocenters. The number of amides is 1. The maximum Gasteiger partial charge on any atom is 0.220 e. The second kappa shape index (κ2) is 8.39. The molecule has 1 atom stereocenters. The summed E-state index contributed by atoms with van der Waals surface area (Å²) in [6.07, 6.45) is 3.54. The van der Waals surface area contributed by atoms with E-state index in [4.69, 9.17) is 10.5 Å². The van der Waals surface area contributed by atoms with E-state index in [0.29, 0.717) is 31.9 Å². The van der Waals surface area contributed by atoms with Crippen LogP contribution in [0.15, 0.2) is 24.3 Å². The van der Waals surface area contributed by atoms with Crippen LogP contribution in [-0.4, -0.2) is 24.6 Å². The Morgan fingerprint density at radius 3 is 2.68 bits per heavy atom. The summed E-state index contributed by atoms with van der Waals surface area (Å²) in [4.78, 5) is 12.0. The number of nitrogens with two attached hydrogens (primary N) is 1. The molecule has 0 radical (unpaired) electrons. The van der Waals surface area contributed by atoms with Crippen molar-refractivity contribution in [3.8, 4) is 5.75 Å². The number of para-hydroxylation sites is 1. The third kappa shape index (κ3) is 5.18. The van der Waals surface area contributed by atoms with Crippen LogP contribution >= 0.6 is 12.4 Å². The molecule has 22 heavy (non-hydrogen) atoms. The summed E-state index contributed by atoms with van der Waals surface area (Å²) < 4.78 is 5.70. The lowest BCUT2D eigenvalue weighted by molar-refractivity contribution is -0.123. The fourth-order valence-corrected chi connectivity index (χ4v) is 2.55. The lowest BCUT2D eigenvalue weighted by atomic mass is 9.95. The van der Waals surface area contributed by atoms with E-state index in [0.717, 1.165) is 11.3 Å². The molecule has 0 saturated heterocycles. The number of ether oxygens (including phenoxy) is 1. The van der Waals surface area contributed by atoms with E-state index in [-0.39, 0.29) is 23.9 Å². The highest BCUT2D eigenvalue weighted by Crippen LogP contribution is 2.38. The Hall–Kier alpha value is -1.26. The van der Waals surface area contributed by atoms with Crippen LogP contribution in [0.3, 0.4) is 0 Å². The SMILES string of the molecule is Cc1ccccc1OCCCC(=O)NC(C)(CN)C1CC1.Cl. The minimum Gasteiger partial charge on any atom is -0.493 e. The molecule has 4 nitrogen and oxygen atoms in total. The van der Waals surface area contributed by atoms with E-state index in [1.165, 1.54) is 12.8 Å². The molecule has 1 aromatic carbocycles. The number of nitrogens with one attached hydrogen (secondary N) is 1. The summed E-state index contributed by atoms with van der Waals surface area (Å²) in [6, 6.07) is 7.91. The molecule has 1 aliphatic rings. The molecule has 0 aliphatic heterocycles. The van der Waals surface area contributed by atoms with E-state index < -0.39 is 0 Å².